The van der Waals surface area contributed by atoms with Gasteiger partial charge in [0.05, 0.1) is 22.4 Å². The van der Waals surface area contributed by atoms with E-state index >= 15 is 0 Å². The molecule has 1 unspecified atom stereocenters. The first-order chi connectivity index (χ1) is 13.1. The van der Waals surface area contributed by atoms with Gasteiger partial charge in [-0.2, -0.15) is 4.31 Å². The number of nitrogens with one attached hydrogen (secondary N) is 1. The molecule has 2 aromatic rings. The molecule has 9 heteroatoms. The van der Waals surface area contributed by atoms with Crippen LogP contribution in [0.4, 0.5) is 5.69 Å². The van der Waals surface area contributed by atoms with E-state index in [1.165, 1.54) is 25.2 Å². The Morgan fingerprint density at radius 3 is 2.43 bits per heavy atom. The second kappa shape index (κ2) is 8.94. The highest BCUT2D eigenvalue weighted by Gasteiger charge is 2.25. The van der Waals surface area contributed by atoms with E-state index in [0.717, 1.165) is 21.5 Å². The largest absolute Gasteiger partial charge is 0.348 e. The van der Waals surface area contributed by atoms with Crippen LogP contribution in [-0.4, -0.2) is 37.1 Å². The normalized spacial score (nSPS) is 12.6. The van der Waals surface area contributed by atoms with Crippen molar-refractivity contribution < 1.29 is 18.1 Å². The number of carbonyl (C=O) groups excluding carboxylic acids is 1. The Bertz CT molecular complexity index is 958. The Balaban J connectivity index is 2.10. The Morgan fingerprint density at radius 1 is 1.21 bits per heavy atom. The van der Waals surface area contributed by atoms with Crippen LogP contribution in [0.5, 0.6) is 0 Å². The molecule has 0 fully saturated rings. The van der Waals surface area contributed by atoms with Gasteiger partial charge in [0.1, 0.15) is 0 Å². The lowest BCUT2D eigenvalue weighted by molar-refractivity contribution is -0.385. The number of rotatable bonds is 8. The van der Waals surface area contributed by atoms with Gasteiger partial charge < -0.3 is 5.32 Å². The number of amides is 1. The molecule has 0 aliphatic rings. The van der Waals surface area contributed by atoms with Crippen molar-refractivity contribution in [3.63, 3.8) is 0 Å². The van der Waals surface area contributed by atoms with E-state index in [1.54, 1.807) is 0 Å². The number of carbonyl (C=O) groups is 1. The quantitative estimate of drug-likeness (QED) is 0.536. The summed E-state index contributed by atoms with van der Waals surface area (Å²) in [6.45, 7) is 3.50. The number of nitro benzene ring substituents is 1. The molecule has 1 atom stereocenters. The zero-order valence-corrected chi connectivity index (χ0v) is 16.8. The first-order valence-electron chi connectivity index (χ1n) is 8.72. The van der Waals surface area contributed by atoms with Crippen LogP contribution in [0.3, 0.4) is 0 Å². The van der Waals surface area contributed by atoms with Gasteiger partial charge in [-0.05, 0) is 25.0 Å². The maximum Gasteiger partial charge on any atom is 0.270 e. The summed E-state index contributed by atoms with van der Waals surface area (Å²) in [7, 11) is -2.77. The Hall–Kier alpha value is -2.78. The number of sulfonamides is 1. The molecule has 0 saturated carbocycles. The lowest BCUT2D eigenvalue weighted by Crippen LogP contribution is -2.39. The molecule has 1 amide bonds. The van der Waals surface area contributed by atoms with E-state index in [0.29, 0.717) is 6.42 Å². The first-order valence-corrected chi connectivity index (χ1v) is 10.2. The van der Waals surface area contributed by atoms with Gasteiger partial charge in [-0.1, -0.05) is 42.8 Å². The van der Waals surface area contributed by atoms with Crippen LogP contribution in [0.2, 0.25) is 0 Å². The number of benzene rings is 2. The van der Waals surface area contributed by atoms with Gasteiger partial charge in [0.15, 0.2) is 0 Å². The fourth-order valence-electron chi connectivity index (χ4n) is 2.68. The predicted octanol–water partition coefficient (Wildman–Crippen LogP) is 2.79. The zero-order chi connectivity index (χ0) is 20.9. The third-order valence-electron chi connectivity index (χ3n) is 4.33. The highest BCUT2D eigenvalue weighted by molar-refractivity contribution is 7.89. The lowest BCUT2D eigenvalue weighted by Gasteiger charge is -2.21. The molecule has 2 rings (SSSR count). The van der Waals surface area contributed by atoms with E-state index in [1.807, 2.05) is 38.1 Å². The maximum absolute atomic E-state index is 12.6. The summed E-state index contributed by atoms with van der Waals surface area (Å²) in [5, 5.41) is 13.7. The Labute approximate surface area is 164 Å². The monoisotopic (exact) mass is 405 g/mol. The van der Waals surface area contributed by atoms with E-state index in [9.17, 15) is 23.3 Å². The molecular weight excluding hydrogens is 382 g/mol. The van der Waals surface area contributed by atoms with E-state index in [-0.39, 0.29) is 16.6 Å². The molecule has 0 aromatic heterocycles. The van der Waals surface area contributed by atoms with Crippen molar-refractivity contribution in [1.82, 2.24) is 9.62 Å². The van der Waals surface area contributed by atoms with Gasteiger partial charge in [0.25, 0.3) is 5.69 Å². The molecule has 0 saturated heterocycles. The summed E-state index contributed by atoms with van der Waals surface area (Å²) in [6.07, 6.45) is 0.649. The van der Waals surface area contributed by atoms with Crippen molar-refractivity contribution in [3.8, 4) is 0 Å². The average molecular weight is 405 g/mol. The molecule has 8 nitrogen and oxygen atoms in total. The number of hydrogen-bond acceptors (Lipinski definition) is 5. The number of non-ortho nitro benzene ring substituents is 1. The van der Waals surface area contributed by atoms with Crippen molar-refractivity contribution in [2.75, 3.05) is 13.6 Å². The van der Waals surface area contributed by atoms with Gasteiger partial charge >= 0.3 is 0 Å². The Morgan fingerprint density at radius 2 is 1.86 bits per heavy atom. The number of likely N-dealkylation sites (N-methyl/N-ethyl adjacent to an activating group) is 1. The van der Waals surface area contributed by atoms with Crippen molar-refractivity contribution in [3.05, 3.63) is 69.8 Å². The summed E-state index contributed by atoms with van der Waals surface area (Å²) >= 11 is 0. The highest BCUT2D eigenvalue weighted by atomic mass is 32.2. The van der Waals surface area contributed by atoms with Crippen LogP contribution in [0.15, 0.2) is 53.4 Å². The van der Waals surface area contributed by atoms with Crippen molar-refractivity contribution in [1.29, 1.82) is 0 Å². The van der Waals surface area contributed by atoms with Gasteiger partial charge in [0.2, 0.25) is 15.9 Å². The standard InChI is InChI=1S/C19H23N3O5S/c1-4-18(15-10-8-14(2)9-11-15)20-19(23)13-21(3)28(26,27)17-7-5-6-16(12-17)22(24)25/h5-12,18H,4,13H2,1-3H3,(H,20,23). The molecule has 0 bridgehead atoms. The zero-order valence-electron chi connectivity index (χ0n) is 16.0. The molecule has 28 heavy (non-hydrogen) atoms. The molecule has 0 spiro atoms. The minimum absolute atomic E-state index is 0.234. The summed E-state index contributed by atoms with van der Waals surface area (Å²) in [5.41, 5.74) is 1.71. The molecular formula is C19H23N3O5S. The van der Waals surface area contributed by atoms with Crippen LogP contribution < -0.4 is 5.32 Å². The van der Waals surface area contributed by atoms with Gasteiger partial charge in [0, 0.05) is 19.2 Å². The number of aryl methyl sites for hydroxylation is 1. The number of nitro groups is 1. The second-order valence-electron chi connectivity index (χ2n) is 6.45. The average Bonchev–Trinajstić information content (AvgIpc) is 2.66. The third kappa shape index (κ3) is 5.14. The minimum atomic E-state index is -4.03. The Kier molecular flexibility index (Phi) is 6.87. The smallest absolute Gasteiger partial charge is 0.270 e. The van der Waals surface area contributed by atoms with Crippen molar-refractivity contribution in [2.24, 2.45) is 0 Å². The second-order valence-corrected chi connectivity index (χ2v) is 8.50. The van der Waals surface area contributed by atoms with Crippen molar-refractivity contribution >= 4 is 21.6 Å². The topological polar surface area (TPSA) is 110 Å². The van der Waals surface area contributed by atoms with Crippen LogP contribution >= 0.6 is 0 Å². The molecule has 0 aliphatic carbocycles. The molecule has 2 aromatic carbocycles. The van der Waals surface area contributed by atoms with E-state index in [4.69, 9.17) is 0 Å². The fourth-order valence-corrected chi connectivity index (χ4v) is 3.85. The van der Waals surface area contributed by atoms with Gasteiger partial charge in [-0.15, -0.1) is 0 Å². The third-order valence-corrected chi connectivity index (χ3v) is 6.13. The first kappa shape index (κ1) is 21.5. The maximum atomic E-state index is 12.6. The lowest BCUT2D eigenvalue weighted by atomic mass is 10.0. The highest BCUT2D eigenvalue weighted by Crippen LogP contribution is 2.21. The molecule has 0 aliphatic heterocycles. The SMILES string of the molecule is CCC(NC(=O)CN(C)S(=O)(=O)c1cccc([N+](=O)[O-])c1)c1ccc(C)cc1. The summed E-state index contributed by atoms with van der Waals surface area (Å²) in [4.78, 5) is 22.4. The van der Waals surface area contributed by atoms with E-state index in [2.05, 4.69) is 5.32 Å². The van der Waals surface area contributed by atoms with Gasteiger partial charge in [-0.25, -0.2) is 8.42 Å². The van der Waals surface area contributed by atoms with Crippen molar-refractivity contribution in [2.45, 2.75) is 31.2 Å². The van der Waals surface area contributed by atoms with Crippen LogP contribution in [0, 0.1) is 17.0 Å². The molecule has 1 N–H and O–H groups in total. The molecule has 0 radical (unpaired) electrons. The minimum Gasteiger partial charge on any atom is -0.348 e. The molecule has 150 valence electrons. The molecule has 0 heterocycles. The number of nitrogens with zero attached hydrogens (tertiary/aromatic N) is 2. The summed E-state index contributed by atoms with van der Waals surface area (Å²) < 4.78 is 26.1. The van der Waals surface area contributed by atoms with E-state index < -0.39 is 27.4 Å². The fraction of sp³-hybridized carbons (Fsp3) is 0.316. The van der Waals surface area contributed by atoms with Crippen LogP contribution in [0.25, 0.3) is 0 Å². The van der Waals surface area contributed by atoms with Crippen LogP contribution in [-0.2, 0) is 14.8 Å². The predicted molar refractivity (Wildman–Crippen MR) is 105 cm³/mol. The summed E-state index contributed by atoms with van der Waals surface area (Å²) in [5.74, 6) is -0.455. The van der Waals surface area contributed by atoms with Gasteiger partial charge in [-0.3, -0.25) is 14.9 Å². The summed E-state index contributed by atoms with van der Waals surface area (Å²) in [6, 6.07) is 12.2. The van der Waals surface area contributed by atoms with Crippen LogP contribution in [0.1, 0.15) is 30.5 Å². The number of hydrogen-bond donors (Lipinski definition) is 1.